The molecule has 580 valence electrons. The quantitative estimate of drug-likeness (QED) is 0.0390. The highest BCUT2D eigenvalue weighted by molar-refractivity contribution is 7.71. The van der Waals surface area contributed by atoms with Crippen LogP contribution in [0.4, 0.5) is 35.1 Å². The zero-order valence-electron chi connectivity index (χ0n) is 62.8. The second-order valence-electron chi connectivity index (χ2n) is 27.8. The van der Waals surface area contributed by atoms with E-state index in [0.29, 0.717) is 55.8 Å². The summed E-state index contributed by atoms with van der Waals surface area (Å²) in [5.41, 5.74) is 20.5. The molecule has 0 atom stereocenters. The third-order valence-electron chi connectivity index (χ3n) is 15.5. The number of H-pyrrole nitrogens is 1. The number of nitrogens with two attached hydrogens (primary N) is 2. The van der Waals surface area contributed by atoms with Gasteiger partial charge in [0.05, 0.1) is 121 Å². The Morgan fingerprint density at radius 3 is 1.40 bits per heavy atom. The standard InChI is InChI=1S/C19H20N4O3S2.C17H18N4O2S2.C14H12N4OS2.C9H15NO3.C8H5N3S.C5H6N2S.C3H2N2/c1-10(24)21-16-15(17-22-12-7-20-6-5-13(12)27-17)11-8-23(9-14(11)28-16)18(25)26-19(2,3)4;1-17(2,3)23-16(22)21-7-9-12(8-21)24-14(18)13(9)15-20-10-6-19-5-4-11(10)25-15;1-7(19)17-13-12(8-4-16-6-11(8)21-13)14-18-9-5-15-3-2-10(9)20-14;1-9(2,3)13-8(12)10-5-4-7(11)6-10;9-3-1-8-11-6-5-10-4-2-7(6)12-8;6-4-3-7-2-1-5(4)8;1-5-3-2-4/h5-7H,8-9H2,1-4H3,(H,21,24);4-6H,7-8,18H2,1-3H3;2-3,5,16H,4,6H2,1H3,(H,17,19);4-6H2,1-3H3;2,4-5H,1H2;1-3H,6H2,(H,7,8);3H2. The van der Waals surface area contributed by atoms with E-state index < -0.39 is 22.9 Å². The predicted octanol–water partition coefficient (Wildman–Crippen LogP) is 16.6. The average Bonchev–Trinajstić information content (AvgIpc) is 1.61. The van der Waals surface area contributed by atoms with Gasteiger partial charge in [-0.05, 0) is 109 Å². The van der Waals surface area contributed by atoms with Gasteiger partial charge in [0.25, 0.3) is 6.54 Å². The molecule has 0 unspecified atom stereocenters. The van der Waals surface area contributed by atoms with Crippen LogP contribution in [0.2, 0.25) is 0 Å². The molecule has 0 saturated carbocycles. The van der Waals surface area contributed by atoms with Gasteiger partial charge in [-0.25, -0.2) is 40.9 Å². The Bertz CT molecular complexity index is 5510. The molecule has 1 saturated heterocycles. The number of nitriles is 2. The smallest absolute Gasteiger partial charge is 0.410 e. The summed E-state index contributed by atoms with van der Waals surface area (Å²) in [6.07, 6.45) is 17.2. The molecule has 12 aromatic rings. The number of likely N-dealkylation sites (tertiary alicyclic amines) is 1. The van der Waals surface area contributed by atoms with E-state index in [-0.39, 0.29) is 42.9 Å². The molecule has 12 aromatic heterocycles. The second-order valence-corrected chi connectivity index (χ2v) is 35.8. The zero-order valence-corrected chi connectivity index (χ0v) is 69.3. The number of carbonyl (C=O) groups excluding carboxylic acids is 6. The summed E-state index contributed by atoms with van der Waals surface area (Å²) in [5.74, 6) is -0.0780. The van der Waals surface area contributed by atoms with Crippen molar-refractivity contribution in [3.8, 4) is 43.9 Å². The number of hydrogen-bond donors (Lipinski definition) is 6. The molecule has 37 heteroatoms. The summed E-state index contributed by atoms with van der Waals surface area (Å²) in [6, 6.07) is 13.2. The number of pyridine rings is 5. The van der Waals surface area contributed by atoms with E-state index in [1.807, 2.05) is 86.6 Å². The fraction of sp³-hybridized carbons (Fsp3) is 0.333. The highest BCUT2D eigenvalue weighted by atomic mass is 32.1. The van der Waals surface area contributed by atoms with Crippen molar-refractivity contribution in [1.82, 2.24) is 64.9 Å². The number of rotatable bonds is 6. The predicted molar refractivity (Wildman–Crippen MR) is 444 cm³/mol. The molecule has 8 N–H and O–H groups in total. The first kappa shape index (κ1) is 83.5. The molecule has 4 aliphatic heterocycles. The number of carbonyl (C=O) groups is 6. The third kappa shape index (κ3) is 22.2. The molecule has 16 heterocycles. The van der Waals surface area contributed by atoms with Gasteiger partial charge in [0, 0.05) is 97.3 Å². The van der Waals surface area contributed by atoms with Crippen LogP contribution in [-0.4, -0.2) is 132 Å². The number of Topliss-reactive ketones (excluding diaryl/α,β-unsaturated/α-hetero) is 1. The van der Waals surface area contributed by atoms with Crippen molar-refractivity contribution >= 4 is 189 Å². The first-order valence-corrected chi connectivity index (χ1v) is 40.6. The molecule has 29 nitrogen and oxygen atoms in total. The second kappa shape index (κ2) is 36.9. The van der Waals surface area contributed by atoms with E-state index in [0.717, 1.165) is 127 Å². The number of amides is 5. The van der Waals surface area contributed by atoms with Gasteiger partial charge in [0.1, 0.15) is 69.5 Å². The summed E-state index contributed by atoms with van der Waals surface area (Å²) in [6.45, 7) is 29.9. The topological polar surface area (TPSA) is 399 Å². The van der Waals surface area contributed by atoms with Gasteiger partial charge in [-0.15, -0.1) is 79.4 Å². The molecular weight excluding hydrogens is 1580 g/mol. The molecule has 4 aliphatic rings. The minimum Gasteiger partial charge on any atom is -0.444 e. The number of fused-ring (bicyclic) bond motifs is 7. The number of aromatic amines is 1. The molecule has 0 radical (unpaired) electrons. The van der Waals surface area contributed by atoms with Crippen LogP contribution in [0.15, 0.2) is 92.3 Å². The Morgan fingerprint density at radius 1 is 0.571 bits per heavy atom. The first-order chi connectivity index (χ1) is 53.2. The average molecular weight is 1660 g/mol. The maximum atomic E-state index is 12.5. The summed E-state index contributed by atoms with van der Waals surface area (Å²) in [4.78, 5) is 119. The van der Waals surface area contributed by atoms with Gasteiger partial charge >= 0.3 is 18.3 Å². The van der Waals surface area contributed by atoms with E-state index in [1.54, 1.807) is 141 Å². The zero-order chi connectivity index (χ0) is 80.8. The molecule has 0 bridgehead atoms. The summed E-state index contributed by atoms with van der Waals surface area (Å²) < 4.78 is 21.1. The minimum atomic E-state index is -0.544. The minimum absolute atomic E-state index is 0.0139. The fourth-order valence-electron chi connectivity index (χ4n) is 10.9. The van der Waals surface area contributed by atoms with Gasteiger partial charge in [0.2, 0.25) is 11.8 Å². The summed E-state index contributed by atoms with van der Waals surface area (Å²) in [7, 11) is 0. The Labute approximate surface area is 677 Å². The van der Waals surface area contributed by atoms with E-state index in [9.17, 15) is 28.8 Å². The lowest BCUT2D eigenvalue weighted by molar-refractivity contribution is -0.117. The maximum absolute atomic E-state index is 12.5. The van der Waals surface area contributed by atoms with Gasteiger partial charge in [0.15, 0.2) is 5.78 Å². The van der Waals surface area contributed by atoms with Crippen LogP contribution >= 0.6 is 91.6 Å². The largest absolute Gasteiger partial charge is 0.444 e. The van der Waals surface area contributed by atoms with Crippen LogP contribution in [0.3, 0.4) is 0 Å². The number of hydrogen-bond acceptors (Lipinski definition) is 30. The number of thiophene rings is 3. The van der Waals surface area contributed by atoms with Crippen molar-refractivity contribution < 1.29 is 43.0 Å². The number of thiazole rings is 4. The van der Waals surface area contributed by atoms with Gasteiger partial charge < -0.3 is 56.4 Å². The molecule has 0 aliphatic carbocycles. The molecule has 5 amide bonds. The van der Waals surface area contributed by atoms with Crippen LogP contribution < -0.4 is 27.4 Å². The number of ketones is 1. The van der Waals surface area contributed by atoms with Gasteiger partial charge in [-0.3, -0.25) is 44.1 Å². The Morgan fingerprint density at radius 2 is 1.01 bits per heavy atom. The Hall–Kier alpha value is -10.9. The Kier molecular flexibility index (Phi) is 27.6. The van der Waals surface area contributed by atoms with E-state index in [1.165, 1.54) is 51.9 Å². The Balaban J connectivity index is 0.000000146. The number of anilines is 4. The number of ether oxygens (including phenoxy) is 3. The summed E-state index contributed by atoms with van der Waals surface area (Å²) >= 11 is 15.8. The lowest BCUT2D eigenvalue weighted by atomic mass is 10.1. The van der Waals surface area contributed by atoms with Crippen molar-refractivity contribution in [3.63, 3.8) is 0 Å². The van der Waals surface area contributed by atoms with Crippen molar-refractivity contribution in [1.29, 1.82) is 10.5 Å². The van der Waals surface area contributed by atoms with Crippen molar-refractivity contribution in [3.05, 3.63) is 145 Å². The van der Waals surface area contributed by atoms with Crippen LogP contribution in [-0.2, 0) is 74.3 Å². The van der Waals surface area contributed by atoms with Crippen molar-refractivity contribution in [2.24, 2.45) is 0 Å². The number of aromatic nitrogens is 9. The fourth-order valence-corrected chi connectivity index (χ4v) is 18.8. The highest BCUT2D eigenvalue weighted by Crippen LogP contribution is 2.49. The van der Waals surface area contributed by atoms with Crippen molar-refractivity contribution in [2.45, 2.75) is 145 Å². The van der Waals surface area contributed by atoms with Crippen LogP contribution in [0, 0.1) is 33.7 Å². The number of nitrogens with zero attached hydrogens (tertiary/aromatic N) is 14. The summed E-state index contributed by atoms with van der Waals surface area (Å²) in [5, 5.41) is 31.2. The molecule has 16 rings (SSSR count). The van der Waals surface area contributed by atoms with Crippen LogP contribution in [0.25, 0.3) is 77.4 Å². The number of nitrogen functional groups attached to an aromatic ring is 2. The highest BCUT2D eigenvalue weighted by Gasteiger charge is 2.36. The SMILES string of the molecule is CC(=O)Nc1sc2c(c1-c1nc3cnccc3s1)CN(C(=O)OC(C)(C)C)C2.CC(=O)Nc1sc2c(c1-c1nc3cnccc3s1)CNC2.CC(C)(C)OC(=O)N1CCC(=O)C1.CC(C)(C)OC(=O)N1Cc2sc(N)c(-c3nc4cnccc4s3)c2C1.N#CCc1nc2cnccc2s1.Nc1c[nH]ccc1=S.[C-]#[N+]CC#N. The van der Waals surface area contributed by atoms with Crippen LogP contribution in [0.5, 0.6) is 0 Å². The maximum Gasteiger partial charge on any atom is 0.410 e. The monoisotopic (exact) mass is 1660 g/mol. The molecule has 0 spiro atoms. The van der Waals surface area contributed by atoms with E-state index >= 15 is 0 Å². The molecule has 0 aromatic carbocycles. The first-order valence-electron chi connectivity index (χ1n) is 34.5. The third-order valence-corrected chi connectivity index (χ3v) is 23.4. The molecule has 112 heavy (non-hydrogen) atoms. The molecule has 1 fully saturated rings. The van der Waals surface area contributed by atoms with E-state index in [4.69, 9.17) is 60.0 Å². The van der Waals surface area contributed by atoms with Crippen molar-refractivity contribution in [2.75, 3.05) is 41.7 Å². The van der Waals surface area contributed by atoms with Gasteiger partial charge in [-0.2, -0.15) is 10.5 Å². The van der Waals surface area contributed by atoms with Gasteiger partial charge in [-0.1, -0.05) is 12.2 Å². The van der Waals surface area contributed by atoms with Crippen LogP contribution in [0.1, 0.15) is 119 Å². The lowest BCUT2D eigenvalue weighted by Gasteiger charge is -2.24. The normalized spacial score (nSPS) is 13.1. The number of nitrogens with one attached hydrogen (secondary N) is 4. The lowest BCUT2D eigenvalue weighted by Crippen LogP contribution is -2.35. The molecular formula is C75H78N20O9S8. The van der Waals surface area contributed by atoms with E-state index in [2.05, 4.69) is 66.7 Å².